The minimum Gasteiger partial charge on any atom is -0.459 e. The van der Waals surface area contributed by atoms with E-state index < -0.39 is 0 Å². The molecular formula is C21H21BrN2O3S. The number of carbonyl (C=O) groups excluding carboxylic acids is 2. The van der Waals surface area contributed by atoms with Gasteiger partial charge in [0.2, 0.25) is 0 Å². The predicted octanol–water partition coefficient (Wildman–Crippen LogP) is 5.42. The first kappa shape index (κ1) is 20.4. The van der Waals surface area contributed by atoms with Crippen LogP contribution in [0.3, 0.4) is 0 Å². The molecule has 2 aromatic heterocycles. The van der Waals surface area contributed by atoms with E-state index in [1.165, 1.54) is 23.2 Å². The van der Waals surface area contributed by atoms with E-state index in [4.69, 9.17) is 4.42 Å². The van der Waals surface area contributed by atoms with Gasteiger partial charge in [-0.3, -0.25) is 9.59 Å². The van der Waals surface area contributed by atoms with Crippen molar-refractivity contribution >= 4 is 44.1 Å². The molecule has 146 valence electrons. The molecule has 0 radical (unpaired) electrons. The van der Waals surface area contributed by atoms with Crippen LogP contribution in [0.4, 0.5) is 5.00 Å². The topological polar surface area (TPSA) is 71.3 Å². The van der Waals surface area contributed by atoms with Crippen molar-refractivity contribution in [3.63, 3.8) is 0 Å². The third kappa shape index (κ3) is 5.33. The molecule has 0 saturated carbocycles. The SMILES string of the molecule is Cc1cc(NC(=O)c2ccco2)sc1C(=O)NC(C)CCc1ccc(Br)cc1. The van der Waals surface area contributed by atoms with Gasteiger partial charge in [-0.1, -0.05) is 28.1 Å². The first-order valence-electron chi connectivity index (χ1n) is 8.93. The predicted molar refractivity (Wildman–Crippen MR) is 115 cm³/mol. The molecule has 0 bridgehead atoms. The van der Waals surface area contributed by atoms with Gasteiger partial charge in [0, 0.05) is 10.5 Å². The van der Waals surface area contributed by atoms with Crippen LogP contribution >= 0.6 is 27.3 Å². The number of anilines is 1. The Morgan fingerprint density at radius 2 is 1.93 bits per heavy atom. The number of benzene rings is 1. The number of halogens is 1. The minimum absolute atomic E-state index is 0.0406. The second-order valence-corrected chi connectivity index (χ2v) is 8.56. The maximum absolute atomic E-state index is 12.6. The fraction of sp³-hybridized carbons (Fsp3) is 0.238. The van der Waals surface area contributed by atoms with Crippen molar-refractivity contribution in [2.75, 3.05) is 5.32 Å². The normalized spacial score (nSPS) is 11.8. The van der Waals surface area contributed by atoms with Crippen LogP contribution < -0.4 is 10.6 Å². The Labute approximate surface area is 176 Å². The lowest BCUT2D eigenvalue weighted by Crippen LogP contribution is -2.32. The summed E-state index contributed by atoms with van der Waals surface area (Å²) in [6.07, 6.45) is 3.19. The molecule has 2 N–H and O–H groups in total. The lowest BCUT2D eigenvalue weighted by atomic mass is 10.1. The molecule has 0 aliphatic rings. The third-order valence-corrected chi connectivity index (χ3v) is 5.94. The fourth-order valence-corrected chi connectivity index (χ4v) is 3.98. The zero-order valence-corrected chi connectivity index (χ0v) is 18.0. The van der Waals surface area contributed by atoms with E-state index in [0.29, 0.717) is 9.88 Å². The van der Waals surface area contributed by atoms with Crippen molar-refractivity contribution < 1.29 is 14.0 Å². The molecule has 28 heavy (non-hydrogen) atoms. The quantitative estimate of drug-likeness (QED) is 0.494. The highest BCUT2D eigenvalue weighted by molar-refractivity contribution is 9.10. The zero-order chi connectivity index (χ0) is 20.1. The number of hydrogen-bond donors (Lipinski definition) is 2. The van der Waals surface area contributed by atoms with Gasteiger partial charge in [0.05, 0.1) is 16.1 Å². The van der Waals surface area contributed by atoms with Crippen molar-refractivity contribution in [2.24, 2.45) is 0 Å². The monoisotopic (exact) mass is 460 g/mol. The Kier molecular flexibility index (Phi) is 6.70. The van der Waals surface area contributed by atoms with Crippen LogP contribution in [-0.4, -0.2) is 17.9 Å². The molecule has 0 aliphatic heterocycles. The lowest BCUT2D eigenvalue weighted by Gasteiger charge is -2.13. The summed E-state index contributed by atoms with van der Waals surface area (Å²) in [7, 11) is 0. The smallest absolute Gasteiger partial charge is 0.291 e. The van der Waals surface area contributed by atoms with E-state index in [9.17, 15) is 9.59 Å². The van der Waals surface area contributed by atoms with Gasteiger partial charge in [-0.2, -0.15) is 0 Å². The summed E-state index contributed by atoms with van der Waals surface area (Å²) in [5.41, 5.74) is 2.07. The van der Waals surface area contributed by atoms with Crippen molar-refractivity contribution in [3.8, 4) is 0 Å². The van der Waals surface area contributed by atoms with Crippen LogP contribution in [0.1, 0.15) is 44.7 Å². The van der Waals surface area contributed by atoms with Crippen LogP contribution in [0.25, 0.3) is 0 Å². The summed E-state index contributed by atoms with van der Waals surface area (Å²) in [6.45, 7) is 3.86. The molecule has 0 spiro atoms. The molecule has 3 rings (SSSR count). The largest absolute Gasteiger partial charge is 0.459 e. The first-order valence-corrected chi connectivity index (χ1v) is 10.5. The number of hydrogen-bond acceptors (Lipinski definition) is 4. The van der Waals surface area contributed by atoms with Gasteiger partial charge in [0.25, 0.3) is 11.8 Å². The summed E-state index contributed by atoms with van der Waals surface area (Å²) in [5.74, 6) is -0.219. The molecule has 5 nitrogen and oxygen atoms in total. The molecule has 0 fully saturated rings. The number of furan rings is 1. The average Bonchev–Trinajstić information content (AvgIpc) is 3.31. The van der Waals surface area contributed by atoms with E-state index in [2.05, 4.69) is 38.7 Å². The van der Waals surface area contributed by atoms with E-state index in [-0.39, 0.29) is 23.6 Å². The number of amides is 2. The highest BCUT2D eigenvalue weighted by atomic mass is 79.9. The van der Waals surface area contributed by atoms with Gasteiger partial charge in [-0.05, 0) is 68.1 Å². The van der Waals surface area contributed by atoms with Crippen LogP contribution in [0.15, 0.2) is 57.6 Å². The first-order chi connectivity index (χ1) is 13.4. The number of carbonyl (C=O) groups is 2. The summed E-state index contributed by atoms with van der Waals surface area (Å²) < 4.78 is 6.14. The van der Waals surface area contributed by atoms with Crippen molar-refractivity contribution in [2.45, 2.75) is 32.7 Å². The molecule has 1 atom stereocenters. The summed E-state index contributed by atoms with van der Waals surface area (Å²) in [4.78, 5) is 25.3. The van der Waals surface area contributed by atoms with Gasteiger partial charge < -0.3 is 15.1 Å². The summed E-state index contributed by atoms with van der Waals surface area (Å²) in [6, 6.07) is 13.3. The molecule has 1 unspecified atom stereocenters. The number of aryl methyl sites for hydroxylation is 2. The fourth-order valence-electron chi connectivity index (χ4n) is 2.75. The number of thiophene rings is 1. The second kappa shape index (κ2) is 9.21. The maximum atomic E-state index is 12.6. The van der Waals surface area contributed by atoms with Gasteiger partial charge >= 0.3 is 0 Å². The average molecular weight is 461 g/mol. The van der Waals surface area contributed by atoms with Crippen molar-refractivity contribution in [1.82, 2.24) is 5.32 Å². The molecular weight excluding hydrogens is 440 g/mol. The Bertz CT molecular complexity index is 949. The standard InChI is InChI=1S/C21H21BrN2O3S/c1-13-12-18(24-20(25)17-4-3-11-27-17)28-19(13)21(26)23-14(2)5-6-15-7-9-16(22)10-8-15/h3-4,7-12,14H,5-6H2,1-2H3,(H,23,26)(H,24,25). The molecule has 1 aromatic carbocycles. The third-order valence-electron chi connectivity index (χ3n) is 4.26. The van der Waals surface area contributed by atoms with Gasteiger partial charge in [-0.25, -0.2) is 0 Å². The molecule has 0 aliphatic carbocycles. The Morgan fingerprint density at radius 1 is 1.18 bits per heavy atom. The van der Waals surface area contributed by atoms with E-state index >= 15 is 0 Å². The molecule has 0 saturated heterocycles. The highest BCUT2D eigenvalue weighted by Crippen LogP contribution is 2.27. The van der Waals surface area contributed by atoms with Gasteiger partial charge in [-0.15, -0.1) is 11.3 Å². The summed E-state index contributed by atoms with van der Waals surface area (Å²) >= 11 is 4.69. The molecule has 2 heterocycles. The maximum Gasteiger partial charge on any atom is 0.291 e. The Hall–Kier alpha value is -2.38. The van der Waals surface area contributed by atoms with E-state index in [1.807, 2.05) is 26.0 Å². The van der Waals surface area contributed by atoms with Crippen LogP contribution in [0.2, 0.25) is 0 Å². The Balaban J connectivity index is 1.55. The van der Waals surface area contributed by atoms with Gasteiger partial charge in [0.1, 0.15) is 0 Å². The van der Waals surface area contributed by atoms with E-state index in [0.717, 1.165) is 22.9 Å². The van der Waals surface area contributed by atoms with Crippen LogP contribution in [0, 0.1) is 6.92 Å². The van der Waals surface area contributed by atoms with Crippen LogP contribution in [-0.2, 0) is 6.42 Å². The molecule has 2 amide bonds. The van der Waals surface area contributed by atoms with Crippen molar-refractivity contribution in [3.05, 3.63) is 75.0 Å². The highest BCUT2D eigenvalue weighted by Gasteiger charge is 2.18. The number of rotatable bonds is 7. The minimum atomic E-state index is -0.332. The summed E-state index contributed by atoms with van der Waals surface area (Å²) in [5, 5.41) is 6.43. The molecule has 3 aromatic rings. The number of nitrogens with one attached hydrogen (secondary N) is 2. The van der Waals surface area contributed by atoms with Crippen molar-refractivity contribution in [1.29, 1.82) is 0 Å². The molecule has 7 heteroatoms. The lowest BCUT2D eigenvalue weighted by molar-refractivity contribution is 0.0941. The van der Waals surface area contributed by atoms with Crippen LogP contribution in [0.5, 0.6) is 0 Å². The van der Waals surface area contributed by atoms with Gasteiger partial charge in [0.15, 0.2) is 5.76 Å². The van der Waals surface area contributed by atoms with E-state index in [1.54, 1.807) is 18.2 Å². The second-order valence-electron chi connectivity index (χ2n) is 6.59. The zero-order valence-electron chi connectivity index (χ0n) is 15.6. The Morgan fingerprint density at radius 3 is 2.61 bits per heavy atom.